The fraction of sp³-hybridized carbons (Fsp3) is 0.529. The Balaban J connectivity index is 1.97. The molecule has 2 aliphatic rings. The molecule has 3 rings (SSSR count). The molecule has 1 aromatic rings. The molecule has 2 aliphatic heterocycles. The third kappa shape index (κ3) is 4.48. The molecule has 1 amide bonds. The summed E-state index contributed by atoms with van der Waals surface area (Å²) in [5, 5.41) is -1.85. The number of β-lactam (4-membered cyclic amide) rings is 1. The summed E-state index contributed by atoms with van der Waals surface area (Å²) in [4.78, 5) is 26.0. The van der Waals surface area contributed by atoms with E-state index in [1.165, 1.54) is 13.8 Å². The number of esters is 1. The van der Waals surface area contributed by atoms with E-state index < -0.39 is 68.9 Å². The third-order valence-electron chi connectivity index (χ3n) is 5.15. The number of ether oxygens (including phenoxy) is 1. The number of hydrogen-bond donors (Lipinski definition) is 0. The lowest BCUT2D eigenvalue weighted by molar-refractivity contribution is -0.166. The van der Waals surface area contributed by atoms with E-state index in [0.29, 0.717) is 22.2 Å². The van der Waals surface area contributed by atoms with Gasteiger partial charge in [-0.3, -0.25) is 4.79 Å². The number of nitrogens with zero attached hydrogens (tertiary/aromatic N) is 2. The van der Waals surface area contributed by atoms with Crippen molar-refractivity contribution in [1.82, 2.24) is 8.61 Å². The highest BCUT2D eigenvalue weighted by Crippen LogP contribution is 2.54. The number of carbonyl (C=O) groups excluding carboxylic acids is 2. The monoisotopic (exact) mass is 570 g/mol. The van der Waals surface area contributed by atoms with Crippen molar-refractivity contribution in [1.29, 1.82) is 0 Å². The number of carbonyl (C=O) groups is 2. The van der Waals surface area contributed by atoms with Crippen LogP contribution in [0, 0.1) is 0 Å². The predicted octanol–water partition coefficient (Wildman–Crippen LogP) is 2.16. The molecule has 1 aromatic carbocycles. The Kier molecular flexibility index (Phi) is 6.70. The molecule has 9 nitrogen and oxygen atoms in total. The number of rotatable bonds is 6. The van der Waals surface area contributed by atoms with Gasteiger partial charge in [0.15, 0.2) is 0 Å². The molecule has 0 bridgehead atoms. The highest BCUT2D eigenvalue weighted by Gasteiger charge is 2.73. The molecular weight excluding hydrogens is 554 g/mol. The maximum Gasteiger partial charge on any atom is 0.512 e. The Morgan fingerprint density at radius 3 is 1.97 bits per heavy atom. The Labute approximate surface area is 199 Å². The van der Waals surface area contributed by atoms with Crippen LogP contribution in [0.4, 0.5) is 26.3 Å². The van der Waals surface area contributed by atoms with Gasteiger partial charge in [-0.2, -0.15) is 26.3 Å². The third-order valence-corrected chi connectivity index (χ3v) is 10.5. The van der Waals surface area contributed by atoms with Crippen molar-refractivity contribution in [3.05, 3.63) is 35.9 Å². The number of benzene rings is 1. The summed E-state index contributed by atoms with van der Waals surface area (Å²) >= 11 is 0.468. The molecule has 2 fully saturated rings. The normalized spacial score (nSPS) is 24.8. The molecule has 0 radical (unpaired) electrons. The van der Waals surface area contributed by atoms with E-state index >= 15 is 0 Å². The molecule has 0 aromatic heterocycles. The molecule has 0 saturated carbocycles. The first kappa shape index (κ1) is 27.5. The number of sulfonamides is 2. The van der Waals surface area contributed by atoms with E-state index in [4.69, 9.17) is 4.74 Å². The standard InChI is InChI=1S/C17H16F6N2O7S3/c1-15(2)11(14(27)32-8-9-6-4-3-5-7-9)24-12(26)10(13(24)33-15)25(34(28,29)16(18,19)20)35(30,31)17(21,22)23/h3-7,10-11,13H,8H2,1-2H3/t10?,11-,13+/m0/s1. The highest BCUT2D eigenvalue weighted by atomic mass is 32.3. The van der Waals surface area contributed by atoms with Crippen LogP contribution in [-0.4, -0.2) is 70.5 Å². The molecule has 3 atom stereocenters. The van der Waals surface area contributed by atoms with Gasteiger partial charge in [0.2, 0.25) is 5.91 Å². The lowest BCUT2D eigenvalue weighted by Crippen LogP contribution is -2.73. The maximum absolute atomic E-state index is 13.1. The second-order valence-electron chi connectivity index (χ2n) is 7.93. The van der Waals surface area contributed by atoms with E-state index in [-0.39, 0.29) is 6.61 Å². The minimum absolute atomic E-state index is 0.274. The van der Waals surface area contributed by atoms with Gasteiger partial charge in [0, 0.05) is 4.75 Å². The van der Waals surface area contributed by atoms with Crippen LogP contribution in [0.1, 0.15) is 19.4 Å². The summed E-state index contributed by atoms with van der Waals surface area (Å²) in [5.74, 6) is -2.79. The van der Waals surface area contributed by atoms with Crippen molar-refractivity contribution in [2.24, 2.45) is 0 Å². The average Bonchev–Trinajstić information content (AvgIpc) is 2.96. The second-order valence-corrected chi connectivity index (χ2v) is 13.5. The number of halogens is 6. The van der Waals surface area contributed by atoms with Gasteiger partial charge in [-0.1, -0.05) is 34.0 Å². The van der Waals surface area contributed by atoms with Gasteiger partial charge < -0.3 is 9.64 Å². The van der Waals surface area contributed by atoms with Gasteiger partial charge in [-0.25, -0.2) is 21.6 Å². The fourth-order valence-electron chi connectivity index (χ4n) is 3.61. The van der Waals surface area contributed by atoms with Crippen molar-refractivity contribution >= 4 is 43.7 Å². The van der Waals surface area contributed by atoms with E-state index in [9.17, 15) is 52.8 Å². The Hall–Kier alpha value is -2.05. The van der Waals surface area contributed by atoms with Gasteiger partial charge in [0.1, 0.15) is 24.1 Å². The van der Waals surface area contributed by atoms with Crippen molar-refractivity contribution in [2.75, 3.05) is 0 Å². The van der Waals surface area contributed by atoms with E-state index in [0.717, 1.165) is 0 Å². The molecule has 2 saturated heterocycles. The van der Waals surface area contributed by atoms with Crippen LogP contribution in [0.3, 0.4) is 0 Å². The van der Waals surface area contributed by atoms with Crippen LogP contribution in [0.2, 0.25) is 0 Å². The molecule has 0 N–H and O–H groups in total. The fourth-order valence-corrected chi connectivity index (χ4v) is 8.39. The van der Waals surface area contributed by atoms with Crippen LogP contribution < -0.4 is 0 Å². The summed E-state index contributed by atoms with van der Waals surface area (Å²) in [6.45, 7) is 2.36. The lowest BCUT2D eigenvalue weighted by atomic mass is 9.96. The zero-order valence-corrected chi connectivity index (χ0v) is 20.0. The summed E-state index contributed by atoms with van der Waals surface area (Å²) in [6, 6.07) is 3.68. The second kappa shape index (κ2) is 8.52. The van der Waals surface area contributed by atoms with E-state index in [1.807, 2.05) is 0 Å². The topological polar surface area (TPSA) is 118 Å². The van der Waals surface area contributed by atoms with Crippen molar-refractivity contribution in [3.8, 4) is 0 Å². The van der Waals surface area contributed by atoms with Gasteiger partial charge in [-0.05, 0) is 19.4 Å². The number of alkyl halides is 6. The van der Waals surface area contributed by atoms with Crippen LogP contribution in [0.5, 0.6) is 0 Å². The van der Waals surface area contributed by atoms with Crippen LogP contribution in [0.15, 0.2) is 30.3 Å². The van der Waals surface area contributed by atoms with Crippen LogP contribution >= 0.6 is 11.8 Å². The molecule has 2 heterocycles. The quantitative estimate of drug-likeness (QED) is 0.290. The molecule has 1 unspecified atom stereocenters. The number of fused-ring (bicyclic) bond motifs is 1. The highest BCUT2D eigenvalue weighted by molar-refractivity contribution is 8.05. The summed E-state index contributed by atoms with van der Waals surface area (Å²) in [7, 11) is -14.4. The lowest BCUT2D eigenvalue weighted by Gasteiger charge is -2.46. The minimum Gasteiger partial charge on any atom is -0.459 e. The van der Waals surface area contributed by atoms with Gasteiger partial charge in [-0.15, -0.1) is 11.8 Å². The molecule has 0 spiro atoms. The van der Waals surface area contributed by atoms with Gasteiger partial charge in [0.05, 0.1) is 0 Å². The summed E-state index contributed by atoms with van der Waals surface area (Å²) < 4.78 is 128. The Bertz CT molecular complexity index is 1190. The smallest absolute Gasteiger partial charge is 0.459 e. The number of thioether (sulfide) groups is 1. The molecule has 35 heavy (non-hydrogen) atoms. The van der Waals surface area contributed by atoms with Crippen molar-refractivity contribution < 1.29 is 57.5 Å². The predicted molar refractivity (Wildman–Crippen MR) is 108 cm³/mol. The molecule has 0 aliphatic carbocycles. The molecule has 18 heteroatoms. The first-order valence-electron chi connectivity index (χ1n) is 9.38. The Morgan fingerprint density at radius 2 is 1.51 bits per heavy atom. The number of amides is 1. The summed E-state index contributed by atoms with van der Waals surface area (Å²) in [5.41, 5.74) is -12.4. The maximum atomic E-state index is 13.1. The first-order valence-corrected chi connectivity index (χ1v) is 13.1. The van der Waals surface area contributed by atoms with E-state index in [2.05, 4.69) is 0 Å². The SMILES string of the molecule is CC1(C)S[C@@H]2C(N(S(=O)(=O)C(F)(F)F)S(=O)(=O)C(F)(F)F)C(=O)N2[C@H]1C(=O)OCc1ccccc1. The summed E-state index contributed by atoms with van der Waals surface area (Å²) in [6.07, 6.45) is 0. The van der Waals surface area contributed by atoms with Gasteiger partial charge >= 0.3 is 37.0 Å². The molecule has 196 valence electrons. The first-order chi connectivity index (χ1) is 15.7. The average molecular weight is 571 g/mol. The van der Waals surface area contributed by atoms with Crippen LogP contribution in [0.25, 0.3) is 0 Å². The van der Waals surface area contributed by atoms with E-state index in [1.54, 1.807) is 30.3 Å². The van der Waals surface area contributed by atoms with Crippen molar-refractivity contribution in [3.63, 3.8) is 0 Å². The zero-order chi connectivity index (χ0) is 26.8. The molecular formula is C17H16F6N2O7S3. The van der Waals surface area contributed by atoms with Gasteiger partial charge in [0.25, 0.3) is 0 Å². The largest absolute Gasteiger partial charge is 0.512 e. The Morgan fingerprint density at radius 1 is 1.03 bits per heavy atom. The minimum atomic E-state index is -7.18. The zero-order valence-electron chi connectivity index (χ0n) is 17.6. The number of hydrogen-bond acceptors (Lipinski definition) is 8. The van der Waals surface area contributed by atoms with Crippen molar-refractivity contribution in [2.45, 2.75) is 53.7 Å². The van der Waals surface area contributed by atoms with Crippen LogP contribution in [-0.2, 0) is 41.0 Å².